The summed E-state index contributed by atoms with van der Waals surface area (Å²) in [5.74, 6) is 0.916. The van der Waals surface area contributed by atoms with Gasteiger partial charge >= 0.3 is 0 Å². The van der Waals surface area contributed by atoms with E-state index in [0.717, 1.165) is 31.6 Å². The van der Waals surface area contributed by atoms with Crippen molar-refractivity contribution in [1.29, 1.82) is 0 Å². The van der Waals surface area contributed by atoms with Gasteiger partial charge in [0.2, 0.25) is 10.0 Å². The lowest BCUT2D eigenvalue weighted by Gasteiger charge is -2.17. The molecular formula is C13H28N2O2S. The van der Waals surface area contributed by atoms with Crippen LogP contribution >= 0.6 is 0 Å². The average Bonchev–Trinajstić information content (AvgIpc) is 2.42. The van der Waals surface area contributed by atoms with Gasteiger partial charge in [0.15, 0.2) is 0 Å². The fraction of sp³-hybridized carbons (Fsp3) is 1.00. The topological polar surface area (TPSA) is 58.2 Å². The van der Waals surface area contributed by atoms with Crippen molar-refractivity contribution >= 4 is 10.0 Å². The van der Waals surface area contributed by atoms with Gasteiger partial charge in [-0.1, -0.05) is 33.6 Å². The Kier molecular flexibility index (Phi) is 6.60. The molecule has 0 aromatic heterocycles. The Labute approximate surface area is 112 Å². The zero-order valence-electron chi connectivity index (χ0n) is 11.9. The summed E-state index contributed by atoms with van der Waals surface area (Å²) in [5, 5.41) is 3.14. The molecule has 0 aromatic rings. The smallest absolute Gasteiger partial charge is 0.213 e. The van der Waals surface area contributed by atoms with E-state index in [9.17, 15) is 8.42 Å². The molecule has 1 fully saturated rings. The molecule has 0 radical (unpaired) electrons. The second kappa shape index (κ2) is 7.46. The van der Waals surface area contributed by atoms with Gasteiger partial charge in [-0.3, -0.25) is 0 Å². The Hall–Kier alpha value is -0.130. The predicted octanol–water partition coefficient (Wildman–Crippen LogP) is 1.87. The molecule has 2 unspecified atom stereocenters. The van der Waals surface area contributed by atoms with Crippen LogP contribution in [0.4, 0.5) is 0 Å². The van der Waals surface area contributed by atoms with Crippen LogP contribution in [0.3, 0.4) is 0 Å². The van der Waals surface area contributed by atoms with Crippen LogP contribution in [0.2, 0.25) is 0 Å². The molecule has 4 nitrogen and oxygen atoms in total. The number of nitrogens with one attached hydrogen (secondary N) is 2. The minimum absolute atomic E-state index is 0.152. The molecule has 2 N–H and O–H groups in total. The Morgan fingerprint density at radius 3 is 2.56 bits per heavy atom. The molecule has 0 heterocycles. The van der Waals surface area contributed by atoms with Crippen molar-refractivity contribution in [2.45, 2.75) is 65.0 Å². The van der Waals surface area contributed by atoms with Crippen molar-refractivity contribution in [1.82, 2.24) is 10.0 Å². The predicted molar refractivity (Wildman–Crippen MR) is 76.1 cm³/mol. The van der Waals surface area contributed by atoms with Gasteiger partial charge in [0.05, 0.1) is 5.75 Å². The lowest BCUT2D eigenvalue weighted by molar-refractivity contribution is 0.483. The summed E-state index contributed by atoms with van der Waals surface area (Å²) in [6.07, 6.45) is 5.47. The molecule has 0 bridgehead atoms. The highest BCUT2D eigenvalue weighted by atomic mass is 32.2. The van der Waals surface area contributed by atoms with Crippen molar-refractivity contribution in [3.63, 3.8) is 0 Å². The third-order valence-electron chi connectivity index (χ3n) is 3.53. The highest BCUT2D eigenvalue weighted by Gasteiger charge is 2.21. The number of sulfonamides is 1. The van der Waals surface area contributed by atoms with Crippen molar-refractivity contribution < 1.29 is 8.42 Å². The maximum atomic E-state index is 11.9. The van der Waals surface area contributed by atoms with Crippen molar-refractivity contribution in [2.75, 3.05) is 12.3 Å². The summed E-state index contributed by atoms with van der Waals surface area (Å²) < 4.78 is 26.7. The number of hydrogen-bond acceptors (Lipinski definition) is 3. The van der Waals surface area contributed by atoms with Crippen LogP contribution in [0, 0.1) is 5.92 Å². The van der Waals surface area contributed by atoms with Crippen LogP contribution in [-0.2, 0) is 10.0 Å². The lowest BCUT2D eigenvalue weighted by Crippen LogP contribution is -2.39. The van der Waals surface area contributed by atoms with Gasteiger partial charge in [-0.05, 0) is 25.2 Å². The first-order valence-electron chi connectivity index (χ1n) is 7.12. The highest BCUT2D eigenvalue weighted by molar-refractivity contribution is 7.89. The third-order valence-corrected chi connectivity index (χ3v) is 4.96. The van der Waals surface area contributed by atoms with Crippen LogP contribution in [0.25, 0.3) is 0 Å². The molecule has 2 atom stereocenters. The molecule has 5 heteroatoms. The number of rotatable bonds is 6. The minimum atomic E-state index is -3.12. The SMILES string of the molecule is CC1CCCC(NS(=O)(=O)CCNC(C)C)CC1. The zero-order valence-corrected chi connectivity index (χ0v) is 12.7. The second-order valence-corrected chi connectivity index (χ2v) is 7.73. The number of hydrogen-bond donors (Lipinski definition) is 2. The molecule has 0 saturated heterocycles. The van der Waals surface area contributed by atoms with E-state index in [4.69, 9.17) is 0 Å². The Bertz CT molecular complexity index is 328. The van der Waals surface area contributed by atoms with Crippen LogP contribution < -0.4 is 10.0 Å². The monoisotopic (exact) mass is 276 g/mol. The summed E-state index contributed by atoms with van der Waals surface area (Å²) in [5.41, 5.74) is 0. The quantitative estimate of drug-likeness (QED) is 0.728. The molecule has 0 amide bonds. The van der Waals surface area contributed by atoms with Crippen molar-refractivity contribution in [2.24, 2.45) is 5.92 Å². The van der Waals surface area contributed by atoms with E-state index < -0.39 is 10.0 Å². The van der Waals surface area contributed by atoms with Crippen LogP contribution in [-0.4, -0.2) is 32.8 Å². The molecule has 0 aliphatic heterocycles. The van der Waals surface area contributed by atoms with Gasteiger partial charge in [0, 0.05) is 18.6 Å². The normalized spacial score (nSPS) is 26.2. The fourth-order valence-corrected chi connectivity index (χ4v) is 3.65. The maximum Gasteiger partial charge on any atom is 0.213 e. The second-order valence-electron chi connectivity index (χ2n) is 5.86. The first-order valence-corrected chi connectivity index (χ1v) is 8.77. The first-order chi connectivity index (χ1) is 8.39. The van der Waals surface area contributed by atoms with Crippen LogP contribution in [0.5, 0.6) is 0 Å². The van der Waals surface area contributed by atoms with E-state index in [1.165, 1.54) is 6.42 Å². The Balaban J connectivity index is 2.35. The summed E-state index contributed by atoms with van der Waals surface area (Å²) in [6.45, 7) is 6.82. The first kappa shape index (κ1) is 15.9. The summed E-state index contributed by atoms with van der Waals surface area (Å²) in [6, 6.07) is 0.484. The van der Waals surface area contributed by atoms with E-state index >= 15 is 0 Å². The van der Waals surface area contributed by atoms with Gasteiger partial charge in [-0.25, -0.2) is 13.1 Å². The van der Waals surface area contributed by atoms with Crippen LogP contribution in [0.1, 0.15) is 52.9 Å². The van der Waals surface area contributed by atoms with E-state index in [1.807, 2.05) is 13.8 Å². The Morgan fingerprint density at radius 1 is 1.17 bits per heavy atom. The van der Waals surface area contributed by atoms with Gasteiger partial charge in [-0.2, -0.15) is 0 Å². The van der Waals surface area contributed by atoms with E-state index in [-0.39, 0.29) is 11.8 Å². The lowest BCUT2D eigenvalue weighted by atomic mass is 10.0. The zero-order chi connectivity index (χ0) is 13.6. The van der Waals surface area contributed by atoms with Gasteiger partial charge in [0.25, 0.3) is 0 Å². The summed E-state index contributed by atoms with van der Waals surface area (Å²) in [4.78, 5) is 0. The van der Waals surface area contributed by atoms with Crippen molar-refractivity contribution in [3.05, 3.63) is 0 Å². The maximum absolute atomic E-state index is 11.9. The van der Waals surface area contributed by atoms with Gasteiger partial charge < -0.3 is 5.32 Å². The summed E-state index contributed by atoms with van der Waals surface area (Å²) >= 11 is 0. The molecular weight excluding hydrogens is 248 g/mol. The van der Waals surface area contributed by atoms with Gasteiger partial charge in [0.1, 0.15) is 0 Å². The molecule has 1 aliphatic rings. The molecule has 0 aromatic carbocycles. The standard InChI is InChI=1S/C13H28N2O2S/c1-11(2)14-9-10-18(16,17)15-13-6-4-5-12(3)7-8-13/h11-15H,4-10H2,1-3H3. The largest absolute Gasteiger partial charge is 0.313 e. The minimum Gasteiger partial charge on any atom is -0.313 e. The van der Waals surface area contributed by atoms with Gasteiger partial charge in [-0.15, -0.1) is 0 Å². The highest BCUT2D eigenvalue weighted by Crippen LogP contribution is 2.22. The fourth-order valence-electron chi connectivity index (χ4n) is 2.40. The van der Waals surface area contributed by atoms with E-state index in [0.29, 0.717) is 12.6 Å². The van der Waals surface area contributed by atoms with Crippen molar-refractivity contribution in [3.8, 4) is 0 Å². The molecule has 1 aliphatic carbocycles. The molecule has 18 heavy (non-hydrogen) atoms. The van der Waals surface area contributed by atoms with E-state index in [2.05, 4.69) is 17.0 Å². The molecule has 1 rings (SSSR count). The third kappa shape index (κ3) is 6.71. The van der Waals surface area contributed by atoms with Crippen LogP contribution in [0.15, 0.2) is 0 Å². The average molecular weight is 276 g/mol. The molecule has 1 saturated carbocycles. The molecule has 0 spiro atoms. The Morgan fingerprint density at radius 2 is 1.89 bits per heavy atom. The summed E-state index contributed by atoms with van der Waals surface area (Å²) in [7, 11) is -3.12. The molecule has 108 valence electrons. The van der Waals surface area contributed by atoms with E-state index in [1.54, 1.807) is 0 Å².